The van der Waals surface area contributed by atoms with E-state index in [4.69, 9.17) is 5.11 Å². The molecule has 0 amide bonds. The number of rotatable bonds is 1. The minimum Gasteiger partial charge on any atom is -0.386 e. The van der Waals surface area contributed by atoms with E-state index in [0.29, 0.717) is 0 Å². The van der Waals surface area contributed by atoms with Gasteiger partial charge in [-0.25, -0.2) is 0 Å². The van der Waals surface area contributed by atoms with Gasteiger partial charge >= 0.3 is 0 Å². The molecule has 0 aliphatic carbocycles. The van der Waals surface area contributed by atoms with Crippen LogP contribution >= 0.6 is 8.86 Å². The molecule has 0 fully saturated rings. The Balaban J connectivity index is 3.79. The first-order chi connectivity index (χ1) is 2.94. The predicted molar refractivity (Wildman–Crippen MR) is 35.3 cm³/mol. The molecule has 2 heteroatoms. The fraction of sp³-hybridized carbons (Fsp3) is 0.800. The van der Waals surface area contributed by atoms with E-state index >= 15 is 0 Å². The Bertz CT molecular complexity index is 80.6. The van der Waals surface area contributed by atoms with E-state index in [9.17, 15) is 0 Å². The molecule has 0 aromatic rings. The van der Waals surface area contributed by atoms with E-state index in [1.54, 1.807) is 13.8 Å². The lowest BCUT2D eigenvalue weighted by molar-refractivity contribution is 0.156. The minimum atomic E-state index is -0.670. The number of hydrogen-bond donors (Lipinski definition) is 1. The van der Waals surface area contributed by atoms with Gasteiger partial charge in [-0.3, -0.25) is 0 Å². The van der Waals surface area contributed by atoms with Crippen molar-refractivity contribution in [1.82, 2.24) is 0 Å². The van der Waals surface area contributed by atoms with Crippen LogP contribution in [0.2, 0.25) is 0 Å². The van der Waals surface area contributed by atoms with Gasteiger partial charge in [0.15, 0.2) is 0 Å². The summed E-state index contributed by atoms with van der Waals surface area (Å²) in [5.74, 6) is 0. The molecule has 0 atom stereocenters. The van der Waals surface area contributed by atoms with Crippen molar-refractivity contribution in [2.45, 2.75) is 26.4 Å². The van der Waals surface area contributed by atoms with Gasteiger partial charge in [0.05, 0.1) is 5.60 Å². The molecule has 1 N–H and O–H groups in total. The van der Waals surface area contributed by atoms with Gasteiger partial charge in [-0.05, 0) is 26.1 Å². The van der Waals surface area contributed by atoms with Crippen molar-refractivity contribution in [3.05, 3.63) is 0 Å². The van der Waals surface area contributed by atoms with E-state index in [1.807, 2.05) is 6.92 Å². The lowest BCUT2D eigenvalue weighted by Gasteiger charge is -2.14. The second-order valence-corrected chi connectivity index (χ2v) is 2.93. The van der Waals surface area contributed by atoms with Crippen LogP contribution in [0.3, 0.4) is 0 Å². The molecule has 0 aliphatic rings. The summed E-state index contributed by atoms with van der Waals surface area (Å²) in [4.78, 5) is 0. The highest BCUT2D eigenvalue weighted by molar-refractivity contribution is 7.21. The summed E-state index contributed by atoms with van der Waals surface area (Å²) < 4.78 is 0. The Hall–Kier alpha value is 0.130. The Morgan fingerprint density at radius 1 is 1.57 bits per heavy atom. The average molecular weight is 118 g/mol. The summed E-state index contributed by atoms with van der Waals surface area (Å²) in [6.45, 7) is 5.29. The molecule has 0 heterocycles. The van der Waals surface area contributed by atoms with Gasteiger partial charge in [-0.15, -0.1) is 8.86 Å². The standard InChI is InChI=1S/C5H11OP/c1-4(7)5(2,3)6/h6-7H,1-3H3. The second-order valence-electron chi connectivity index (χ2n) is 2.18. The monoisotopic (exact) mass is 118 g/mol. The van der Waals surface area contributed by atoms with Gasteiger partial charge in [-0.1, -0.05) is 0 Å². The van der Waals surface area contributed by atoms with Crippen LogP contribution in [-0.2, 0) is 0 Å². The maximum absolute atomic E-state index is 9.01. The zero-order valence-corrected chi connectivity index (χ0v) is 5.95. The molecule has 0 bridgehead atoms. The van der Waals surface area contributed by atoms with Gasteiger partial charge < -0.3 is 5.11 Å². The van der Waals surface area contributed by atoms with Crippen molar-refractivity contribution in [3.63, 3.8) is 0 Å². The Morgan fingerprint density at radius 3 is 1.71 bits per heavy atom. The molecule has 0 spiro atoms. The Kier molecular flexibility index (Phi) is 1.97. The van der Waals surface area contributed by atoms with E-state index in [-0.39, 0.29) is 0 Å². The first kappa shape index (κ1) is 7.13. The van der Waals surface area contributed by atoms with Crippen LogP contribution in [0.5, 0.6) is 0 Å². The molecule has 7 heavy (non-hydrogen) atoms. The Morgan fingerprint density at radius 2 is 1.71 bits per heavy atom. The minimum absolute atomic E-state index is 0.670. The van der Waals surface area contributed by atoms with Crippen LogP contribution in [0.4, 0.5) is 0 Å². The first-order valence-corrected chi connectivity index (χ1v) is 2.72. The summed E-state index contributed by atoms with van der Waals surface area (Å²) in [6.07, 6.45) is 0. The van der Waals surface area contributed by atoms with Gasteiger partial charge in [0, 0.05) is 0 Å². The zero-order valence-electron chi connectivity index (χ0n) is 4.95. The van der Waals surface area contributed by atoms with Crippen LogP contribution in [0.1, 0.15) is 20.8 Å². The van der Waals surface area contributed by atoms with Crippen molar-refractivity contribution >= 4 is 14.2 Å². The third-order valence-electron chi connectivity index (χ3n) is 0.918. The normalized spacial score (nSPS) is 11.4. The van der Waals surface area contributed by atoms with Crippen molar-refractivity contribution in [2.75, 3.05) is 0 Å². The molecule has 0 aromatic heterocycles. The second kappa shape index (κ2) is 1.94. The summed E-state index contributed by atoms with van der Waals surface area (Å²) >= 11 is 0. The molecule has 0 aliphatic heterocycles. The van der Waals surface area contributed by atoms with E-state index in [2.05, 4.69) is 8.86 Å². The van der Waals surface area contributed by atoms with Gasteiger partial charge in [0.2, 0.25) is 0 Å². The van der Waals surface area contributed by atoms with Gasteiger partial charge in [0.25, 0.3) is 0 Å². The highest BCUT2D eigenvalue weighted by Gasteiger charge is 2.11. The topological polar surface area (TPSA) is 20.2 Å². The summed E-state index contributed by atoms with van der Waals surface area (Å²) in [5.41, 5.74) is -0.670. The summed E-state index contributed by atoms with van der Waals surface area (Å²) in [7, 11) is 3.21. The van der Waals surface area contributed by atoms with Crippen LogP contribution in [0, 0.1) is 0 Å². The molecular formula is C5H11OP. The smallest absolute Gasteiger partial charge is 0.0837 e. The van der Waals surface area contributed by atoms with Gasteiger partial charge in [0.1, 0.15) is 0 Å². The molecule has 42 valence electrons. The van der Waals surface area contributed by atoms with Crippen LogP contribution < -0.4 is 0 Å². The summed E-state index contributed by atoms with van der Waals surface area (Å²) in [5, 5.41) is 9.86. The lowest BCUT2D eigenvalue weighted by atomic mass is 10.1. The lowest BCUT2D eigenvalue weighted by Crippen LogP contribution is -2.26. The molecule has 0 saturated heterocycles. The maximum Gasteiger partial charge on any atom is 0.0837 e. The van der Waals surface area contributed by atoms with Crippen LogP contribution in [0.25, 0.3) is 0 Å². The molecule has 0 aromatic carbocycles. The van der Waals surface area contributed by atoms with E-state index in [1.165, 1.54) is 0 Å². The zero-order chi connectivity index (χ0) is 6.08. The number of aliphatic hydroxyl groups is 1. The molecule has 0 radical (unpaired) electrons. The van der Waals surface area contributed by atoms with E-state index in [0.717, 1.165) is 5.29 Å². The summed E-state index contributed by atoms with van der Waals surface area (Å²) in [6, 6.07) is 0. The average Bonchev–Trinajstić information content (AvgIpc) is 1.31. The molecule has 0 saturated carbocycles. The first-order valence-electron chi connectivity index (χ1n) is 2.22. The molecular weight excluding hydrogens is 107 g/mol. The van der Waals surface area contributed by atoms with Crippen molar-refractivity contribution < 1.29 is 5.11 Å². The molecule has 0 unspecified atom stereocenters. The van der Waals surface area contributed by atoms with Crippen molar-refractivity contribution in [1.29, 1.82) is 0 Å². The molecule has 0 rings (SSSR count). The van der Waals surface area contributed by atoms with Crippen LogP contribution in [-0.4, -0.2) is 16.0 Å². The van der Waals surface area contributed by atoms with Gasteiger partial charge in [-0.2, -0.15) is 0 Å². The third-order valence-corrected chi connectivity index (χ3v) is 1.53. The SMILES string of the molecule is CC(=P)C(C)(C)O. The quantitative estimate of drug-likeness (QED) is 0.511. The number of hydrogen-bond acceptors (Lipinski definition) is 1. The van der Waals surface area contributed by atoms with Crippen molar-refractivity contribution in [2.24, 2.45) is 0 Å². The fourth-order valence-electron chi connectivity index (χ4n) is 0. The predicted octanol–water partition coefficient (Wildman–Crippen LogP) is 1.09. The van der Waals surface area contributed by atoms with E-state index < -0.39 is 5.60 Å². The highest BCUT2D eigenvalue weighted by Crippen LogP contribution is 2.03. The third kappa shape index (κ3) is 2.78. The van der Waals surface area contributed by atoms with Crippen LogP contribution in [0.15, 0.2) is 0 Å². The largest absolute Gasteiger partial charge is 0.386 e. The van der Waals surface area contributed by atoms with Crippen molar-refractivity contribution in [3.8, 4) is 0 Å². The Labute approximate surface area is 46.6 Å². The fourth-order valence-corrected chi connectivity index (χ4v) is 0. The maximum atomic E-state index is 9.01. The molecule has 1 nitrogen and oxygen atoms in total. The highest BCUT2D eigenvalue weighted by atomic mass is 31.0.